The van der Waals surface area contributed by atoms with Gasteiger partial charge in [-0.15, -0.1) is 0 Å². The number of aromatic nitrogens is 1. The largest absolute Gasteiger partial charge is 0.364 e. The lowest BCUT2D eigenvalue weighted by molar-refractivity contribution is 0.411. The summed E-state index contributed by atoms with van der Waals surface area (Å²) in [7, 11) is -3.56. The summed E-state index contributed by atoms with van der Waals surface area (Å²) in [6.07, 6.45) is 1.40. The van der Waals surface area contributed by atoms with Gasteiger partial charge in [-0.05, 0) is 17.7 Å². The van der Waals surface area contributed by atoms with Crippen molar-refractivity contribution in [3.8, 4) is 0 Å². The molecule has 0 bridgehead atoms. The Morgan fingerprint density at radius 3 is 2.71 bits per heavy atom. The van der Waals surface area contributed by atoms with Crippen molar-refractivity contribution in [3.05, 3.63) is 47.9 Å². The van der Waals surface area contributed by atoms with Gasteiger partial charge in [-0.3, -0.25) is 0 Å². The van der Waals surface area contributed by atoms with Gasteiger partial charge in [-0.25, -0.2) is 13.1 Å². The van der Waals surface area contributed by atoms with Crippen LogP contribution >= 0.6 is 0 Å². The molecule has 6 nitrogen and oxygen atoms in total. The SMILES string of the molecule is CC(C)NCc1cccc(S(=O)(=O)NCc2ccon2)c1. The molecule has 1 aromatic heterocycles. The van der Waals surface area contributed by atoms with Crippen LogP contribution in [0.2, 0.25) is 0 Å². The van der Waals surface area contributed by atoms with Crippen LogP contribution in [-0.2, 0) is 23.1 Å². The van der Waals surface area contributed by atoms with E-state index in [1.54, 1.807) is 24.3 Å². The highest BCUT2D eigenvalue weighted by molar-refractivity contribution is 7.89. The van der Waals surface area contributed by atoms with Crippen molar-refractivity contribution in [1.82, 2.24) is 15.2 Å². The van der Waals surface area contributed by atoms with E-state index in [0.29, 0.717) is 18.3 Å². The molecule has 0 aliphatic heterocycles. The summed E-state index contributed by atoms with van der Waals surface area (Å²) >= 11 is 0. The van der Waals surface area contributed by atoms with Crippen LogP contribution in [0, 0.1) is 0 Å². The number of nitrogens with one attached hydrogen (secondary N) is 2. The molecule has 2 rings (SSSR count). The lowest BCUT2D eigenvalue weighted by Gasteiger charge is -2.10. The van der Waals surface area contributed by atoms with E-state index in [9.17, 15) is 8.42 Å². The van der Waals surface area contributed by atoms with E-state index in [-0.39, 0.29) is 11.4 Å². The van der Waals surface area contributed by atoms with E-state index in [0.717, 1.165) is 5.56 Å². The van der Waals surface area contributed by atoms with E-state index >= 15 is 0 Å². The summed E-state index contributed by atoms with van der Waals surface area (Å²) in [5.74, 6) is 0. The molecule has 0 fully saturated rings. The molecule has 0 unspecified atom stereocenters. The van der Waals surface area contributed by atoms with Gasteiger partial charge in [0.15, 0.2) is 0 Å². The number of hydrogen-bond acceptors (Lipinski definition) is 5. The van der Waals surface area contributed by atoms with Gasteiger partial charge in [0, 0.05) is 18.7 Å². The molecule has 0 aliphatic carbocycles. The second kappa shape index (κ2) is 6.84. The summed E-state index contributed by atoms with van der Waals surface area (Å²) in [6, 6.07) is 8.83. The minimum atomic E-state index is -3.56. The first-order valence-corrected chi connectivity index (χ1v) is 8.17. The van der Waals surface area contributed by atoms with Crippen molar-refractivity contribution >= 4 is 10.0 Å². The zero-order chi connectivity index (χ0) is 15.3. The van der Waals surface area contributed by atoms with Crippen molar-refractivity contribution in [3.63, 3.8) is 0 Å². The van der Waals surface area contributed by atoms with E-state index in [4.69, 9.17) is 0 Å². The van der Waals surface area contributed by atoms with Gasteiger partial charge >= 0.3 is 0 Å². The molecule has 1 aromatic carbocycles. The number of benzene rings is 1. The third-order valence-corrected chi connectivity index (χ3v) is 4.26. The Morgan fingerprint density at radius 1 is 1.24 bits per heavy atom. The van der Waals surface area contributed by atoms with Crippen molar-refractivity contribution in [2.24, 2.45) is 0 Å². The molecular weight excluding hydrogens is 290 g/mol. The average molecular weight is 309 g/mol. The highest BCUT2D eigenvalue weighted by atomic mass is 32.2. The number of hydrogen-bond donors (Lipinski definition) is 2. The molecule has 2 aromatic rings. The molecule has 0 aliphatic rings. The van der Waals surface area contributed by atoms with Gasteiger partial charge in [0.1, 0.15) is 6.26 Å². The predicted octanol–water partition coefficient (Wildman–Crippen LogP) is 1.65. The molecule has 114 valence electrons. The first kappa shape index (κ1) is 15.7. The van der Waals surface area contributed by atoms with Gasteiger partial charge in [-0.1, -0.05) is 31.1 Å². The van der Waals surface area contributed by atoms with E-state index < -0.39 is 10.0 Å². The Bertz CT molecular complexity index is 667. The Morgan fingerprint density at radius 2 is 2.05 bits per heavy atom. The second-order valence-corrected chi connectivity index (χ2v) is 6.77. The molecule has 0 spiro atoms. The highest BCUT2D eigenvalue weighted by Crippen LogP contribution is 2.12. The summed E-state index contributed by atoms with van der Waals surface area (Å²) in [5, 5.41) is 6.92. The van der Waals surface area contributed by atoms with Crippen LogP contribution < -0.4 is 10.0 Å². The standard InChI is InChI=1S/C14H19N3O3S/c1-11(2)15-9-12-4-3-5-14(8-12)21(18,19)16-10-13-6-7-20-17-13/h3-8,11,15-16H,9-10H2,1-2H3. The number of sulfonamides is 1. The lowest BCUT2D eigenvalue weighted by Crippen LogP contribution is -2.24. The second-order valence-electron chi connectivity index (χ2n) is 5.00. The zero-order valence-electron chi connectivity index (χ0n) is 12.0. The van der Waals surface area contributed by atoms with E-state index in [2.05, 4.69) is 19.7 Å². The lowest BCUT2D eigenvalue weighted by atomic mass is 10.2. The quantitative estimate of drug-likeness (QED) is 0.812. The Kier molecular flexibility index (Phi) is 5.11. The van der Waals surface area contributed by atoms with Gasteiger partial charge in [0.2, 0.25) is 10.0 Å². The fourth-order valence-corrected chi connectivity index (χ4v) is 2.79. The van der Waals surface area contributed by atoms with E-state index in [1.807, 2.05) is 19.9 Å². The minimum absolute atomic E-state index is 0.104. The highest BCUT2D eigenvalue weighted by Gasteiger charge is 2.14. The summed E-state index contributed by atoms with van der Waals surface area (Å²) in [5.41, 5.74) is 1.46. The summed E-state index contributed by atoms with van der Waals surface area (Å²) in [4.78, 5) is 0.244. The van der Waals surface area contributed by atoms with Crippen LogP contribution in [0.5, 0.6) is 0 Å². The first-order chi connectivity index (χ1) is 9.97. The first-order valence-electron chi connectivity index (χ1n) is 6.68. The topological polar surface area (TPSA) is 84.2 Å². The molecule has 0 radical (unpaired) electrons. The molecule has 0 saturated carbocycles. The van der Waals surface area contributed by atoms with Crippen LogP contribution in [0.4, 0.5) is 0 Å². The number of nitrogens with zero attached hydrogens (tertiary/aromatic N) is 1. The minimum Gasteiger partial charge on any atom is -0.364 e. The van der Waals surface area contributed by atoms with Crippen molar-refractivity contribution in [2.75, 3.05) is 0 Å². The van der Waals surface area contributed by atoms with Gasteiger partial charge in [-0.2, -0.15) is 0 Å². The van der Waals surface area contributed by atoms with E-state index in [1.165, 1.54) is 6.26 Å². The van der Waals surface area contributed by atoms with Crippen LogP contribution in [0.25, 0.3) is 0 Å². The Labute approximate surface area is 124 Å². The normalized spacial score (nSPS) is 12.0. The van der Waals surface area contributed by atoms with Gasteiger partial charge in [0.05, 0.1) is 17.1 Å². The molecule has 21 heavy (non-hydrogen) atoms. The fraction of sp³-hybridized carbons (Fsp3) is 0.357. The molecular formula is C14H19N3O3S. The third-order valence-electron chi connectivity index (χ3n) is 2.86. The fourth-order valence-electron chi connectivity index (χ4n) is 1.73. The molecule has 2 N–H and O–H groups in total. The smallest absolute Gasteiger partial charge is 0.240 e. The molecule has 0 atom stereocenters. The summed E-state index contributed by atoms with van der Waals surface area (Å²) in [6.45, 7) is 4.82. The van der Waals surface area contributed by atoms with Crippen LogP contribution in [0.1, 0.15) is 25.1 Å². The molecule has 7 heteroatoms. The van der Waals surface area contributed by atoms with Crippen LogP contribution in [0.3, 0.4) is 0 Å². The Balaban J connectivity index is 2.06. The number of rotatable bonds is 7. The van der Waals surface area contributed by atoms with Crippen molar-refractivity contribution < 1.29 is 12.9 Å². The maximum Gasteiger partial charge on any atom is 0.240 e. The molecule has 1 heterocycles. The molecule has 0 amide bonds. The van der Waals surface area contributed by atoms with Crippen LogP contribution in [0.15, 0.2) is 46.0 Å². The van der Waals surface area contributed by atoms with Crippen molar-refractivity contribution in [1.29, 1.82) is 0 Å². The van der Waals surface area contributed by atoms with Gasteiger partial charge in [0.25, 0.3) is 0 Å². The van der Waals surface area contributed by atoms with Gasteiger partial charge < -0.3 is 9.84 Å². The maximum atomic E-state index is 12.2. The monoisotopic (exact) mass is 309 g/mol. The van der Waals surface area contributed by atoms with Crippen LogP contribution in [-0.4, -0.2) is 19.6 Å². The maximum absolute atomic E-state index is 12.2. The predicted molar refractivity (Wildman–Crippen MR) is 78.9 cm³/mol. The molecule has 0 saturated heterocycles. The Hall–Kier alpha value is -1.70. The average Bonchev–Trinajstić information content (AvgIpc) is 2.97. The third kappa shape index (κ3) is 4.66. The summed E-state index contributed by atoms with van der Waals surface area (Å²) < 4.78 is 31.6. The van der Waals surface area contributed by atoms with Crippen molar-refractivity contribution in [2.45, 2.75) is 37.9 Å². The zero-order valence-corrected chi connectivity index (χ0v) is 12.9.